The van der Waals surface area contributed by atoms with E-state index < -0.39 is 0 Å². The number of rotatable bonds is 3. The summed E-state index contributed by atoms with van der Waals surface area (Å²) in [6.07, 6.45) is 1.95. The molecule has 0 fully saturated rings. The van der Waals surface area contributed by atoms with Crippen molar-refractivity contribution in [2.24, 2.45) is 0 Å². The second-order valence-corrected chi connectivity index (χ2v) is 7.60. The monoisotopic (exact) mass is 414 g/mol. The van der Waals surface area contributed by atoms with Crippen LogP contribution in [0.5, 0.6) is 5.75 Å². The van der Waals surface area contributed by atoms with Crippen LogP contribution in [0, 0.1) is 0 Å². The van der Waals surface area contributed by atoms with Crippen LogP contribution in [0.2, 0.25) is 5.02 Å². The van der Waals surface area contributed by atoms with Crippen LogP contribution in [0.25, 0.3) is 10.8 Å². The molecule has 3 aromatic carbocycles. The van der Waals surface area contributed by atoms with Crippen molar-refractivity contribution >= 4 is 44.1 Å². The molecular formula is C21H16BrClO2. The van der Waals surface area contributed by atoms with Crippen molar-refractivity contribution in [1.29, 1.82) is 0 Å². The SMILES string of the molecule is O=C1CC(CCc2cccc3ccccc23)Oc2c(Br)cc(Cl)cc21. The first kappa shape index (κ1) is 16.6. The average Bonchev–Trinajstić information content (AvgIpc) is 2.61. The Kier molecular flexibility index (Phi) is 4.53. The van der Waals surface area contributed by atoms with Gasteiger partial charge in [0.15, 0.2) is 5.78 Å². The van der Waals surface area contributed by atoms with Crippen LogP contribution in [-0.2, 0) is 6.42 Å². The lowest BCUT2D eigenvalue weighted by atomic mass is 9.95. The fourth-order valence-corrected chi connectivity index (χ4v) is 4.30. The van der Waals surface area contributed by atoms with Gasteiger partial charge in [-0.1, -0.05) is 54.1 Å². The number of halogens is 2. The van der Waals surface area contributed by atoms with Gasteiger partial charge in [-0.15, -0.1) is 0 Å². The van der Waals surface area contributed by atoms with Crippen molar-refractivity contribution in [3.05, 3.63) is 75.2 Å². The Morgan fingerprint density at radius 1 is 1.12 bits per heavy atom. The molecular weight excluding hydrogens is 400 g/mol. The molecule has 0 N–H and O–H groups in total. The Labute approximate surface area is 159 Å². The van der Waals surface area contributed by atoms with E-state index in [0.717, 1.165) is 17.3 Å². The molecule has 1 aliphatic heterocycles. The summed E-state index contributed by atoms with van der Waals surface area (Å²) in [5, 5.41) is 3.04. The third-order valence-electron chi connectivity index (χ3n) is 4.62. The smallest absolute Gasteiger partial charge is 0.170 e. The summed E-state index contributed by atoms with van der Waals surface area (Å²) in [6.45, 7) is 0. The molecule has 126 valence electrons. The van der Waals surface area contributed by atoms with Crippen LogP contribution < -0.4 is 4.74 Å². The van der Waals surface area contributed by atoms with E-state index in [2.05, 4.69) is 58.4 Å². The zero-order valence-corrected chi connectivity index (χ0v) is 15.8. The third-order valence-corrected chi connectivity index (χ3v) is 5.43. The molecule has 1 unspecified atom stereocenters. The molecule has 4 rings (SSSR count). The Balaban J connectivity index is 1.55. The molecule has 0 radical (unpaired) electrons. The molecule has 0 amide bonds. The van der Waals surface area contributed by atoms with Crippen LogP contribution in [-0.4, -0.2) is 11.9 Å². The van der Waals surface area contributed by atoms with Gasteiger partial charge in [0.05, 0.1) is 10.0 Å². The topological polar surface area (TPSA) is 26.3 Å². The quantitative estimate of drug-likeness (QED) is 0.507. The Bertz CT molecular complexity index is 962. The van der Waals surface area contributed by atoms with Crippen LogP contribution >= 0.6 is 27.5 Å². The predicted octanol–water partition coefficient (Wildman–Crippen LogP) is 6.22. The highest BCUT2D eigenvalue weighted by Gasteiger charge is 2.28. The van der Waals surface area contributed by atoms with Gasteiger partial charge in [-0.2, -0.15) is 0 Å². The highest BCUT2D eigenvalue weighted by molar-refractivity contribution is 9.10. The molecule has 3 aromatic rings. The minimum Gasteiger partial charge on any atom is -0.488 e. The number of carbonyl (C=O) groups excluding carboxylic acids is 1. The van der Waals surface area contributed by atoms with Crippen molar-refractivity contribution in [1.82, 2.24) is 0 Å². The first-order valence-corrected chi connectivity index (χ1v) is 9.44. The van der Waals surface area contributed by atoms with Crippen molar-refractivity contribution < 1.29 is 9.53 Å². The maximum absolute atomic E-state index is 12.5. The summed E-state index contributed by atoms with van der Waals surface area (Å²) in [7, 11) is 0. The lowest BCUT2D eigenvalue weighted by molar-refractivity contribution is 0.0837. The van der Waals surface area contributed by atoms with Crippen molar-refractivity contribution in [3.63, 3.8) is 0 Å². The summed E-state index contributed by atoms with van der Waals surface area (Å²) < 4.78 is 6.83. The maximum atomic E-state index is 12.5. The average molecular weight is 416 g/mol. The van der Waals surface area contributed by atoms with Crippen LogP contribution in [0.1, 0.15) is 28.8 Å². The molecule has 25 heavy (non-hydrogen) atoms. The van der Waals surface area contributed by atoms with Gasteiger partial charge in [-0.05, 0) is 57.2 Å². The number of aryl methyl sites for hydroxylation is 1. The fourth-order valence-electron chi connectivity index (χ4n) is 3.40. The second kappa shape index (κ2) is 6.81. The Hall–Kier alpha value is -1.84. The van der Waals surface area contributed by atoms with E-state index in [1.165, 1.54) is 16.3 Å². The number of hydrogen-bond donors (Lipinski definition) is 0. The number of hydrogen-bond acceptors (Lipinski definition) is 2. The lowest BCUT2D eigenvalue weighted by Gasteiger charge is -2.26. The Morgan fingerprint density at radius 3 is 2.80 bits per heavy atom. The minimum absolute atomic E-state index is 0.0902. The lowest BCUT2D eigenvalue weighted by Crippen LogP contribution is -2.27. The van der Waals surface area contributed by atoms with Crippen molar-refractivity contribution in [2.45, 2.75) is 25.4 Å². The predicted molar refractivity (Wildman–Crippen MR) is 105 cm³/mol. The first-order valence-electron chi connectivity index (χ1n) is 8.27. The zero-order chi connectivity index (χ0) is 17.4. The molecule has 0 spiro atoms. The summed E-state index contributed by atoms with van der Waals surface area (Å²) in [6, 6.07) is 18.2. The van der Waals surface area contributed by atoms with Crippen molar-refractivity contribution in [3.8, 4) is 5.75 Å². The summed E-state index contributed by atoms with van der Waals surface area (Å²) in [5.74, 6) is 0.705. The zero-order valence-electron chi connectivity index (χ0n) is 13.5. The van der Waals surface area contributed by atoms with Gasteiger partial charge in [0.2, 0.25) is 0 Å². The highest BCUT2D eigenvalue weighted by Crippen LogP contribution is 2.38. The van der Waals surface area contributed by atoms with E-state index >= 15 is 0 Å². The first-order chi connectivity index (χ1) is 12.1. The number of Topliss-reactive ketones (excluding diaryl/α,β-unsaturated/α-hetero) is 1. The molecule has 1 heterocycles. The van der Waals surface area contributed by atoms with Crippen LogP contribution in [0.4, 0.5) is 0 Å². The van der Waals surface area contributed by atoms with Crippen LogP contribution in [0.3, 0.4) is 0 Å². The molecule has 0 saturated heterocycles. The summed E-state index contributed by atoms with van der Waals surface area (Å²) in [5.41, 5.74) is 1.86. The molecule has 2 nitrogen and oxygen atoms in total. The van der Waals surface area contributed by atoms with E-state index in [-0.39, 0.29) is 11.9 Å². The Morgan fingerprint density at radius 2 is 1.92 bits per heavy atom. The number of ether oxygens (including phenoxy) is 1. The standard InChI is InChI=1S/C21H16BrClO2/c22-19-11-15(23)10-18-20(24)12-16(25-21(18)19)9-8-14-6-3-5-13-4-1-2-7-17(13)14/h1-7,10-11,16H,8-9,12H2. The molecule has 0 bridgehead atoms. The molecule has 1 atom stereocenters. The van der Waals surface area contributed by atoms with Gasteiger partial charge in [-0.25, -0.2) is 0 Å². The molecule has 4 heteroatoms. The number of ketones is 1. The minimum atomic E-state index is -0.114. The van der Waals surface area contributed by atoms with Gasteiger partial charge < -0.3 is 4.74 Å². The van der Waals surface area contributed by atoms with Crippen LogP contribution in [0.15, 0.2) is 59.1 Å². The van der Waals surface area contributed by atoms with Crippen molar-refractivity contribution in [2.75, 3.05) is 0 Å². The third kappa shape index (κ3) is 3.31. The molecule has 0 aromatic heterocycles. The summed E-state index contributed by atoms with van der Waals surface area (Å²) in [4.78, 5) is 12.5. The van der Waals surface area contributed by atoms with Gasteiger partial charge >= 0.3 is 0 Å². The van der Waals surface area contributed by atoms with Gasteiger partial charge in [0.1, 0.15) is 11.9 Å². The molecule has 0 saturated carbocycles. The van der Waals surface area contributed by atoms with E-state index in [9.17, 15) is 4.79 Å². The fraction of sp³-hybridized carbons (Fsp3) is 0.190. The molecule has 1 aliphatic rings. The van der Waals surface area contributed by atoms with Gasteiger partial charge in [-0.3, -0.25) is 4.79 Å². The second-order valence-electron chi connectivity index (χ2n) is 6.31. The van der Waals surface area contributed by atoms with E-state index in [1.807, 2.05) is 0 Å². The number of carbonyl (C=O) groups is 1. The number of benzene rings is 3. The normalized spacial score (nSPS) is 16.6. The van der Waals surface area contributed by atoms with E-state index in [1.54, 1.807) is 12.1 Å². The molecule has 0 aliphatic carbocycles. The largest absolute Gasteiger partial charge is 0.488 e. The summed E-state index contributed by atoms with van der Waals surface area (Å²) >= 11 is 9.50. The van der Waals surface area contributed by atoms with E-state index in [4.69, 9.17) is 16.3 Å². The van der Waals surface area contributed by atoms with Gasteiger partial charge in [0.25, 0.3) is 0 Å². The van der Waals surface area contributed by atoms with E-state index in [0.29, 0.717) is 22.8 Å². The van der Waals surface area contributed by atoms with Gasteiger partial charge in [0, 0.05) is 11.4 Å². The highest BCUT2D eigenvalue weighted by atomic mass is 79.9. The maximum Gasteiger partial charge on any atom is 0.170 e. The number of fused-ring (bicyclic) bond motifs is 2.